The lowest BCUT2D eigenvalue weighted by Crippen LogP contribution is -2.37. The van der Waals surface area contributed by atoms with Gasteiger partial charge in [-0.2, -0.15) is 0 Å². The predicted molar refractivity (Wildman–Crippen MR) is 69.9 cm³/mol. The Morgan fingerprint density at radius 2 is 2.11 bits per heavy atom. The van der Waals surface area contributed by atoms with Gasteiger partial charge < -0.3 is 4.84 Å². The summed E-state index contributed by atoms with van der Waals surface area (Å²) in [6.45, 7) is 5.14. The van der Waals surface area contributed by atoms with Crippen LogP contribution < -0.4 is 4.90 Å². The normalized spacial score (nSPS) is 16.2. The number of hydrogen-bond acceptors (Lipinski definition) is 5. The van der Waals surface area contributed by atoms with Gasteiger partial charge in [-0.25, -0.2) is 9.78 Å². The lowest BCUT2D eigenvalue weighted by Gasteiger charge is -2.28. The fourth-order valence-electron chi connectivity index (χ4n) is 1.95. The molecule has 1 aliphatic heterocycles. The van der Waals surface area contributed by atoms with Crippen molar-refractivity contribution < 1.29 is 14.4 Å². The fourth-order valence-corrected chi connectivity index (χ4v) is 1.95. The third kappa shape index (κ3) is 2.78. The Kier molecular flexibility index (Phi) is 3.59. The average Bonchev–Trinajstić information content (AvgIpc) is 2.34. The van der Waals surface area contributed by atoms with E-state index in [4.69, 9.17) is 0 Å². The first-order chi connectivity index (χ1) is 8.99. The number of nitrogens with zero attached hydrogens (tertiary/aromatic N) is 3. The van der Waals surface area contributed by atoms with Gasteiger partial charge in [-0.05, 0) is 19.1 Å². The molecule has 6 heteroatoms. The minimum Gasteiger partial charge on any atom is -0.318 e. The summed E-state index contributed by atoms with van der Waals surface area (Å²) in [6, 6.07) is 3.68. The number of amides is 1. The SMILES string of the molecule is CC(=O)O/N=C1\CCN(C(C)=O)c2nc(C)ccc21. The first-order valence-electron chi connectivity index (χ1n) is 5.99. The molecule has 0 spiro atoms. The summed E-state index contributed by atoms with van der Waals surface area (Å²) in [5.41, 5.74) is 2.18. The van der Waals surface area contributed by atoms with Crippen molar-refractivity contribution in [2.45, 2.75) is 27.2 Å². The highest BCUT2D eigenvalue weighted by Gasteiger charge is 2.26. The number of rotatable bonds is 1. The molecular weight excluding hydrogens is 246 g/mol. The van der Waals surface area contributed by atoms with Crippen molar-refractivity contribution in [3.63, 3.8) is 0 Å². The Morgan fingerprint density at radius 3 is 2.74 bits per heavy atom. The van der Waals surface area contributed by atoms with E-state index >= 15 is 0 Å². The maximum atomic E-state index is 11.6. The number of hydrogen-bond donors (Lipinski definition) is 0. The van der Waals surface area contributed by atoms with Crippen molar-refractivity contribution in [2.24, 2.45) is 5.16 Å². The molecule has 2 heterocycles. The van der Waals surface area contributed by atoms with Gasteiger partial charge in [0.2, 0.25) is 5.91 Å². The lowest BCUT2D eigenvalue weighted by molar-refractivity contribution is -0.141. The molecule has 0 radical (unpaired) electrons. The van der Waals surface area contributed by atoms with Crippen LogP contribution >= 0.6 is 0 Å². The molecule has 1 aliphatic rings. The first-order valence-corrected chi connectivity index (χ1v) is 5.99. The standard InChI is InChI=1S/C13H15N3O3/c1-8-4-5-11-12(15-19-10(3)18)6-7-16(9(2)17)13(11)14-8/h4-5H,6-7H2,1-3H3/b15-12+. The van der Waals surface area contributed by atoms with Gasteiger partial charge in [0.05, 0.1) is 5.71 Å². The molecule has 1 aromatic rings. The number of fused-ring (bicyclic) bond motifs is 1. The molecule has 6 nitrogen and oxygen atoms in total. The maximum Gasteiger partial charge on any atom is 0.331 e. The van der Waals surface area contributed by atoms with Crippen LogP contribution in [-0.2, 0) is 14.4 Å². The molecule has 0 unspecified atom stereocenters. The molecule has 0 atom stereocenters. The summed E-state index contributed by atoms with van der Waals surface area (Å²) in [5.74, 6) is 0.0404. The number of carbonyl (C=O) groups excluding carboxylic acids is 2. The van der Waals surface area contributed by atoms with E-state index in [-0.39, 0.29) is 5.91 Å². The summed E-state index contributed by atoms with van der Waals surface area (Å²) in [4.78, 5) is 33.1. The first kappa shape index (κ1) is 13.2. The molecule has 1 aromatic heterocycles. The van der Waals surface area contributed by atoms with Crippen molar-refractivity contribution in [3.8, 4) is 0 Å². The van der Waals surface area contributed by atoms with E-state index in [1.807, 2.05) is 19.1 Å². The zero-order valence-corrected chi connectivity index (χ0v) is 11.1. The molecule has 2 rings (SSSR count). The van der Waals surface area contributed by atoms with Gasteiger partial charge >= 0.3 is 5.97 Å². The van der Waals surface area contributed by atoms with Crippen LogP contribution in [0.15, 0.2) is 17.3 Å². The lowest BCUT2D eigenvalue weighted by atomic mass is 10.0. The molecule has 19 heavy (non-hydrogen) atoms. The smallest absolute Gasteiger partial charge is 0.318 e. The summed E-state index contributed by atoms with van der Waals surface area (Å²) in [5, 5.41) is 3.84. The maximum absolute atomic E-state index is 11.6. The Hall–Kier alpha value is -2.24. The van der Waals surface area contributed by atoms with Crippen LogP contribution in [0.5, 0.6) is 0 Å². The molecule has 0 bridgehead atoms. The highest BCUT2D eigenvalue weighted by molar-refractivity contribution is 6.10. The minimum atomic E-state index is -0.469. The predicted octanol–water partition coefficient (Wildman–Crippen LogP) is 1.41. The number of oxime groups is 1. The second-order valence-electron chi connectivity index (χ2n) is 4.37. The van der Waals surface area contributed by atoms with E-state index in [0.29, 0.717) is 24.5 Å². The van der Waals surface area contributed by atoms with Crippen LogP contribution in [-0.4, -0.2) is 29.1 Å². The quantitative estimate of drug-likeness (QED) is 0.566. The Balaban J connectivity index is 2.45. The molecule has 0 fully saturated rings. The van der Waals surface area contributed by atoms with Gasteiger partial charge in [0.1, 0.15) is 5.82 Å². The van der Waals surface area contributed by atoms with E-state index in [2.05, 4.69) is 15.0 Å². The largest absolute Gasteiger partial charge is 0.331 e. The zero-order valence-electron chi connectivity index (χ0n) is 11.1. The Morgan fingerprint density at radius 1 is 1.37 bits per heavy atom. The van der Waals surface area contributed by atoms with Crippen LogP contribution in [0.1, 0.15) is 31.5 Å². The molecule has 0 aliphatic carbocycles. The van der Waals surface area contributed by atoms with E-state index in [9.17, 15) is 9.59 Å². The number of aryl methyl sites for hydroxylation is 1. The monoisotopic (exact) mass is 261 g/mol. The second kappa shape index (κ2) is 5.17. The van der Waals surface area contributed by atoms with Crippen LogP contribution in [0, 0.1) is 6.92 Å². The third-order valence-electron chi connectivity index (χ3n) is 2.82. The van der Waals surface area contributed by atoms with E-state index in [0.717, 1.165) is 11.3 Å². The van der Waals surface area contributed by atoms with E-state index in [1.165, 1.54) is 13.8 Å². The minimum absolute atomic E-state index is 0.0640. The second-order valence-corrected chi connectivity index (χ2v) is 4.37. The molecule has 0 saturated heterocycles. The van der Waals surface area contributed by atoms with Gasteiger partial charge in [-0.15, -0.1) is 0 Å². The van der Waals surface area contributed by atoms with Crippen molar-refractivity contribution in [1.29, 1.82) is 0 Å². The summed E-state index contributed by atoms with van der Waals surface area (Å²) in [6.07, 6.45) is 0.532. The van der Waals surface area contributed by atoms with Gasteiger partial charge in [0, 0.05) is 38.1 Å². The van der Waals surface area contributed by atoms with Crippen molar-refractivity contribution >= 4 is 23.4 Å². The highest BCUT2D eigenvalue weighted by atomic mass is 16.7. The van der Waals surface area contributed by atoms with Crippen molar-refractivity contribution in [1.82, 2.24) is 4.98 Å². The number of carbonyl (C=O) groups is 2. The van der Waals surface area contributed by atoms with Gasteiger partial charge in [0.25, 0.3) is 0 Å². The van der Waals surface area contributed by atoms with E-state index in [1.54, 1.807) is 4.90 Å². The molecule has 0 aromatic carbocycles. The fraction of sp³-hybridized carbons (Fsp3) is 0.385. The van der Waals surface area contributed by atoms with Crippen molar-refractivity contribution in [2.75, 3.05) is 11.4 Å². The topological polar surface area (TPSA) is 71.9 Å². The Bertz CT molecular complexity index is 566. The van der Waals surface area contributed by atoms with Crippen molar-refractivity contribution in [3.05, 3.63) is 23.4 Å². The van der Waals surface area contributed by atoms with Crippen LogP contribution in [0.2, 0.25) is 0 Å². The van der Waals surface area contributed by atoms with Crippen LogP contribution in [0.4, 0.5) is 5.82 Å². The molecule has 100 valence electrons. The summed E-state index contributed by atoms with van der Waals surface area (Å²) < 4.78 is 0. The highest BCUT2D eigenvalue weighted by Crippen LogP contribution is 2.26. The van der Waals surface area contributed by atoms with Crippen LogP contribution in [0.3, 0.4) is 0 Å². The average molecular weight is 261 g/mol. The number of anilines is 1. The summed E-state index contributed by atoms with van der Waals surface area (Å²) in [7, 11) is 0. The molecular formula is C13H15N3O3. The molecule has 0 saturated carbocycles. The molecule has 1 amide bonds. The van der Waals surface area contributed by atoms with Gasteiger partial charge in [-0.3, -0.25) is 9.69 Å². The number of pyridine rings is 1. The molecule has 0 N–H and O–H groups in total. The third-order valence-corrected chi connectivity index (χ3v) is 2.82. The van der Waals surface area contributed by atoms with Crippen LogP contribution in [0.25, 0.3) is 0 Å². The summed E-state index contributed by atoms with van der Waals surface area (Å²) >= 11 is 0. The Labute approximate surface area is 111 Å². The number of aromatic nitrogens is 1. The van der Waals surface area contributed by atoms with E-state index < -0.39 is 5.97 Å². The van der Waals surface area contributed by atoms with Gasteiger partial charge in [0.15, 0.2) is 0 Å². The zero-order chi connectivity index (χ0) is 14.0. The van der Waals surface area contributed by atoms with Gasteiger partial charge in [-0.1, -0.05) is 5.16 Å².